The number of carbonyl (C=O) groups is 1. The van der Waals surface area contributed by atoms with Gasteiger partial charge in [0.2, 0.25) is 5.91 Å². The molecular formula is C25H28N4O4S. The molecule has 0 N–H and O–H groups in total. The van der Waals surface area contributed by atoms with Crippen LogP contribution in [-0.2, 0) is 11.3 Å². The molecule has 0 radical (unpaired) electrons. The highest BCUT2D eigenvalue weighted by atomic mass is 32.2. The van der Waals surface area contributed by atoms with Crippen molar-refractivity contribution < 1.29 is 19.0 Å². The number of ether oxygens (including phenoxy) is 3. The lowest BCUT2D eigenvalue weighted by Gasteiger charge is -2.26. The van der Waals surface area contributed by atoms with Crippen molar-refractivity contribution in [3.8, 4) is 28.6 Å². The molecule has 2 aliphatic rings. The number of thioether (sulfide) groups is 1. The number of methoxy groups -OCH3 is 1. The van der Waals surface area contributed by atoms with Crippen LogP contribution in [0.15, 0.2) is 47.6 Å². The Morgan fingerprint density at radius 1 is 1.12 bits per heavy atom. The van der Waals surface area contributed by atoms with Crippen LogP contribution in [0.25, 0.3) is 11.4 Å². The molecule has 1 amide bonds. The largest absolute Gasteiger partial charge is 0.497 e. The fraction of sp³-hybridized carbons (Fsp3) is 0.400. The van der Waals surface area contributed by atoms with Gasteiger partial charge in [0, 0.05) is 18.7 Å². The van der Waals surface area contributed by atoms with Gasteiger partial charge in [-0.15, -0.1) is 10.2 Å². The molecular weight excluding hydrogens is 452 g/mol. The molecule has 0 spiro atoms. The SMILES string of the molecule is CCn1c(SCC(=O)N2CCC[C@H]2c2ccc3c(c2)OCCO3)nnc1-c1ccc(OC)cc1. The standard InChI is InChI=1S/C25H28N4O4S/c1-3-28-24(17-6-9-19(31-2)10-7-17)26-27-25(28)34-16-23(30)29-12-4-5-20(29)18-8-11-21-22(15-18)33-14-13-32-21/h6-11,15,20H,3-5,12-14,16H2,1-2H3/t20-/m0/s1. The Labute approximate surface area is 203 Å². The van der Waals surface area contributed by atoms with Crippen LogP contribution in [-0.4, -0.2) is 58.2 Å². The molecule has 2 aromatic carbocycles. The number of aromatic nitrogens is 3. The average Bonchev–Trinajstić information content (AvgIpc) is 3.54. The topological polar surface area (TPSA) is 78.7 Å². The number of nitrogens with zero attached hydrogens (tertiary/aromatic N) is 4. The van der Waals surface area contributed by atoms with E-state index in [0.717, 1.165) is 58.7 Å². The summed E-state index contributed by atoms with van der Waals surface area (Å²) in [5.41, 5.74) is 2.06. The molecule has 3 aromatic rings. The summed E-state index contributed by atoms with van der Waals surface area (Å²) in [6.07, 6.45) is 1.94. The molecule has 3 heterocycles. The van der Waals surface area contributed by atoms with Crippen molar-refractivity contribution in [3.05, 3.63) is 48.0 Å². The molecule has 5 rings (SSSR count). The quantitative estimate of drug-likeness (QED) is 0.469. The molecule has 9 heteroatoms. The zero-order valence-electron chi connectivity index (χ0n) is 19.4. The van der Waals surface area contributed by atoms with Crippen molar-refractivity contribution >= 4 is 17.7 Å². The summed E-state index contributed by atoms with van der Waals surface area (Å²) in [6.45, 7) is 4.66. The monoisotopic (exact) mass is 480 g/mol. The molecule has 0 aliphatic carbocycles. The first-order valence-corrected chi connectivity index (χ1v) is 12.6. The van der Waals surface area contributed by atoms with Crippen molar-refractivity contribution in [2.75, 3.05) is 32.6 Å². The van der Waals surface area contributed by atoms with Crippen LogP contribution in [0.4, 0.5) is 0 Å². The number of fused-ring (bicyclic) bond motifs is 1. The van der Waals surface area contributed by atoms with Gasteiger partial charge in [0.05, 0.1) is 18.9 Å². The van der Waals surface area contributed by atoms with Gasteiger partial charge in [0.15, 0.2) is 22.5 Å². The lowest BCUT2D eigenvalue weighted by Crippen LogP contribution is -2.32. The Hall–Kier alpha value is -3.20. The summed E-state index contributed by atoms with van der Waals surface area (Å²) in [7, 11) is 1.65. The third kappa shape index (κ3) is 4.44. The van der Waals surface area contributed by atoms with E-state index < -0.39 is 0 Å². The van der Waals surface area contributed by atoms with E-state index >= 15 is 0 Å². The van der Waals surface area contributed by atoms with E-state index in [1.165, 1.54) is 11.8 Å². The maximum absolute atomic E-state index is 13.2. The Morgan fingerprint density at radius 3 is 2.68 bits per heavy atom. The fourth-order valence-electron chi connectivity index (χ4n) is 4.52. The van der Waals surface area contributed by atoms with Gasteiger partial charge >= 0.3 is 0 Å². The number of rotatable bonds is 7. The number of carbonyl (C=O) groups excluding carboxylic acids is 1. The predicted octanol–water partition coefficient (Wildman–Crippen LogP) is 4.20. The second kappa shape index (κ2) is 9.97. The lowest BCUT2D eigenvalue weighted by molar-refractivity contribution is -0.129. The van der Waals surface area contributed by atoms with Crippen molar-refractivity contribution in [3.63, 3.8) is 0 Å². The van der Waals surface area contributed by atoms with Gasteiger partial charge in [-0.2, -0.15) is 0 Å². The van der Waals surface area contributed by atoms with E-state index in [9.17, 15) is 4.79 Å². The molecule has 1 saturated heterocycles. The zero-order chi connectivity index (χ0) is 23.5. The number of amides is 1. The van der Waals surface area contributed by atoms with Crippen LogP contribution >= 0.6 is 11.8 Å². The highest BCUT2D eigenvalue weighted by Gasteiger charge is 2.31. The second-order valence-corrected chi connectivity index (χ2v) is 9.16. The Bertz CT molecular complexity index is 1160. The van der Waals surface area contributed by atoms with Gasteiger partial charge in [-0.1, -0.05) is 17.8 Å². The smallest absolute Gasteiger partial charge is 0.233 e. The van der Waals surface area contributed by atoms with Crippen molar-refractivity contribution in [1.82, 2.24) is 19.7 Å². The van der Waals surface area contributed by atoms with Crippen molar-refractivity contribution in [1.29, 1.82) is 0 Å². The minimum atomic E-state index is 0.0582. The zero-order valence-corrected chi connectivity index (χ0v) is 20.2. The van der Waals surface area contributed by atoms with Gasteiger partial charge in [-0.05, 0) is 61.7 Å². The average molecular weight is 481 g/mol. The molecule has 2 aliphatic heterocycles. The Balaban J connectivity index is 1.28. The molecule has 0 unspecified atom stereocenters. The number of likely N-dealkylation sites (tertiary alicyclic amines) is 1. The van der Waals surface area contributed by atoms with Crippen molar-refractivity contribution in [2.24, 2.45) is 0 Å². The number of benzene rings is 2. The van der Waals surface area contributed by atoms with E-state index in [2.05, 4.69) is 17.1 Å². The predicted molar refractivity (Wildman–Crippen MR) is 130 cm³/mol. The van der Waals surface area contributed by atoms with E-state index in [1.54, 1.807) is 7.11 Å². The normalized spacial score (nSPS) is 17.1. The van der Waals surface area contributed by atoms with E-state index in [4.69, 9.17) is 14.2 Å². The van der Waals surface area contributed by atoms with Crippen LogP contribution < -0.4 is 14.2 Å². The first-order chi connectivity index (χ1) is 16.7. The van der Waals surface area contributed by atoms with Crippen molar-refractivity contribution in [2.45, 2.75) is 37.5 Å². The second-order valence-electron chi connectivity index (χ2n) is 8.22. The summed E-state index contributed by atoms with van der Waals surface area (Å²) in [5.74, 6) is 3.55. The van der Waals surface area contributed by atoms with Crippen LogP contribution in [0.2, 0.25) is 0 Å². The van der Waals surface area contributed by atoms with Crippen LogP contribution in [0.3, 0.4) is 0 Å². The molecule has 1 aromatic heterocycles. The molecule has 1 fully saturated rings. The lowest BCUT2D eigenvalue weighted by atomic mass is 10.0. The minimum Gasteiger partial charge on any atom is -0.497 e. The van der Waals surface area contributed by atoms with Crippen LogP contribution in [0, 0.1) is 0 Å². The summed E-state index contributed by atoms with van der Waals surface area (Å²) >= 11 is 1.44. The van der Waals surface area contributed by atoms with E-state index in [1.807, 2.05) is 51.9 Å². The van der Waals surface area contributed by atoms with Gasteiger partial charge in [0.25, 0.3) is 0 Å². The number of hydrogen-bond acceptors (Lipinski definition) is 7. The first kappa shape index (κ1) is 22.6. The summed E-state index contributed by atoms with van der Waals surface area (Å²) in [5, 5.41) is 9.51. The van der Waals surface area contributed by atoms with Crippen LogP contribution in [0.5, 0.6) is 17.2 Å². The maximum Gasteiger partial charge on any atom is 0.233 e. The number of hydrogen-bond donors (Lipinski definition) is 0. The molecule has 178 valence electrons. The Morgan fingerprint density at radius 2 is 1.91 bits per heavy atom. The third-order valence-corrected chi connectivity index (χ3v) is 7.18. The molecule has 34 heavy (non-hydrogen) atoms. The Kier molecular flexibility index (Phi) is 6.62. The van der Waals surface area contributed by atoms with Crippen LogP contribution in [0.1, 0.15) is 31.4 Å². The maximum atomic E-state index is 13.2. The molecule has 0 bridgehead atoms. The van der Waals surface area contributed by atoms with E-state index in [0.29, 0.717) is 25.5 Å². The van der Waals surface area contributed by atoms with Gasteiger partial charge in [-0.25, -0.2) is 0 Å². The summed E-state index contributed by atoms with van der Waals surface area (Å²) in [4.78, 5) is 15.2. The van der Waals surface area contributed by atoms with Gasteiger partial charge < -0.3 is 23.7 Å². The summed E-state index contributed by atoms with van der Waals surface area (Å²) in [6, 6.07) is 13.8. The summed E-state index contributed by atoms with van der Waals surface area (Å²) < 4.78 is 18.7. The highest BCUT2D eigenvalue weighted by molar-refractivity contribution is 7.99. The fourth-order valence-corrected chi connectivity index (χ4v) is 5.41. The minimum absolute atomic E-state index is 0.0582. The molecule has 1 atom stereocenters. The van der Waals surface area contributed by atoms with Gasteiger partial charge in [-0.3, -0.25) is 4.79 Å². The van der Waals surface area contributed by atoms with E-state index in [-0.39, 0.29) is 11.9 Å². The molecule has 0 saturated carbocycles. The first-order valence-electron chi connectivity index (χ1n) is 11.6. The third-order valence-electron chi connectivity index (χ3n) is 6.23. The highest BCUT2D eigenvalue weighted by Crippen LogP contribution is 2.38. The molecule has 8 nitrogen and oxygen atoms in total. The van der Waals surface area contributed by atoms with Gasteiger partial charge in [0.1, 0.15) is 19.0 Å².